The first kappa shape index (κ1) is 29.7. The van der Waals surface area contributed by atoms with E-state index < -0.39 is 0 Å². The van der Waals surface area contributed by atoms with Gasteiger partial charge in [-0.3, -0.25) is 10.2 Å². The maximum atomic E-state index is 11.7. The van der Waals surface area contributed by atoms with E-state index in [4.69, 9.17) is 15.9 Å². The van der Waals surface area contributed by atoms with Crippen LogP contribution < -0.4 is 5.73 Å². The van der Waals surface area contributed by atoms with Gasteiger partial charge >= 0.3 is 5.97 Å². The highest BCUT2D eigenvalue weighted by atomic mass is 16.5. The first-order valence-electron chi connectivity index (χ1n) is 13.3. The predicted molar refractivity (Wildman–Crippen MR) is 134 cm³/mol. The summed E-state index contributed by atoms with van der Waals surface area (Å²) in [5.74, 6) is -0.140. The molecular weight excluding hydrogens is 386 g/mol. The Morgan fingerprint density at radius 2 is 1.06 bits per heavy atom. The van der Waals surface area contributed by atoms with Crippen LogP contribution in [0.5, 0.6) is 0 Å². The van der Waals surface area contributed by atoms with Gasteiger partial charge < -0.3 is 15.4 Å². The van der Waals surface area contributed by atoms with Gasteiger partial charge in [-0.15, -0.1) is 0 Å². The van der Waals surface area contributed by atoms with Gasteiger partial charge in [0.2, 0.25) is 0 Å². The number of unbranched alkanes of at least 4 members (excludes halogenated alkanes) is 18. The molecule has 5 heteroatoms. The Balaban J connectivity index is 3.16. The average Bonchev–Trinajstić information content (AvgIpc) is 2.75. The summed E-state index contributed by atoms with van der Waals surface area (Å²) in [5, 5.41) is 7.25. The van der Waals surface area contributed by atoms with Gasteiger partial charge in [-0.1, -0.05) is 122 Å². The molecule has 0 heterocycles. The molecule has 0 amide bonds. The second-order valence-corrected chi connectivity index (χ2v) is 9.14. The predicted octanol–water partition coefficient (Wildman–Crippen LogP) is 7.18. The van der Waals surface area contributed by atoms with Crippen LogP contribution in [-0.2, 0) is 9.53 Å². The molecule has 0 aromatic carbocycles. The van der Waals surface area contributed by atoms with Crippen LogP contribution >= 0.6 is 0 Å². The van der Waals surface area contributed by atoms with E-state index in [0.717, 1.165) is 12.8 Å². The summed E-state index contributed by atoms with van der Waals surface area (Å²) < 4.78 is 5.17. The van der Waals surface area contributed by atoms with Gasteiger partial charge in [0.1, 0.15) is 6.61 Å². The van der Waals surface area contributed by atoms with Crippen molar-refractivity contribution in [2.75, 3.05) is 20.2 Å². The van der Waals surface area contributed by atoms with Gasteiger partial charge in [0.05, 0.1) is 6.54 Å². The molecule has 0 bridgehead atoms. The summed E-state index contributed by atoms with van der Waals surface area (Å²) in [6, 6.07) is 0. The number of ether oxygens (including phenoxy) is 1. The normalized spacial score (nSPS) is 10.9. The van der Waals surface area contributed by atoms with E-state index in [-0.39, 0.29) is 11.9 Å². The number of rotatable bonds is 23. The van der Waals surface area contributed by atoms with Crippen LogP contribution in [-0.4, -0.2) is 37.0 Å². The zero-order valence-corrected chi connectivity index (χ0v) is 20.9. The van der Waals surface area contributed by atoms with Crippen molar-refractivity contribution in [2.45, 2.75) is 135 Å². The maximum absolute atomic E-state index is 11.7. The molecule has 0 aliphatic rings. The molecule has 3 N–H and O–H groups in total. The van der Waals surface area contributed by atoms with Gasteiger partial charge in [0, 0.05) is 13.5 Å². The lowest BCUT2D eigenvalue weighted by Crippen LogP contribution is -2.35. The Morgan fingerprint density at radius 1 is 0.710 bits per heavy atom. The molecule has 5 nitrogen and oxygen atoms in total. The number of nitrogens with zero attached hydrogens (tertiary/aromatic N) is 1. The van der Waals surface area contributed by atoms with Crippen molar-refractivity contribution in [3.63, 3.8) is 0 Å². The minimum absolute atomic E-state index is 0.00477. The average molecular weight is 440 g/mol. The molecular formula is C26H53N3O2. The minimum atomic E-state index is -0.135. The zero-order valence-electron chi connectivity index (χ0n) is 20.9. The molecule has 0 spiro atoms. The van der Waals surface area contributed by atoms with E-state index in [1.807, 2.05) is 0 Å². The first-order valence-corrected chi connectivity index (χ1v) is 13.3. The number of carbonyl (C=O) groups excluding carboxylic acids is 1. The second kappa shape index (κ2) is 23.4. The monoisotopic (exact) mass is 439 g/mol. The maximum Gasteiger partial charge on any atom is 0.305 e. The molecule has 0 saturated carbocycles. The molecule has 0 saturated heterocycles. The van der Waals surface area contributed by atoms with Gasteiger partial charge in [0.25, 0.3) is 0 Å². The number of carbonyl (C=O) groups is 1. The summed E-state index contributed by atoms with van der Waals surface area (Å²) >= 11 is 0. The fourth-order valence-corrected chi connectivity index (χ4v) is 3.84. The molecule has 0 rings (SSSR count). The molecule has 0 aliphatic heterocycles. The molecule has 31 heavy (non-hydrogen) atoms. The molecule has 184 valence electrons. The summed E-state index contributed by atoms with van der Waals surface area (Å²) in [6.45, 7) is 3.06. The van der Waals surface area contributed by atoms with Crippen LogP contribution in [0, 0.1) is 5.41 Å². The summed E-state index contributed by atoms with van der Waals surface area (Å²) in [7, 11) is 1.72. The highest BCUT2D eigenvalue weighted by Crippen LogP contribution is 2.14. The molecule has 0 radical (unpaired) electrons. The minimum Gasteiger partial charge on any atom is -0.464 e. The lowest BCUT2D eigenvalue weighted by Gasteiger charge is -2.16. The second-order valence-electron chi connectivity index (χ2n) is 9.14. The smallest absolute Gasteiger partial charge is 0.305 e. The molecule has 0 aromatic rings. The third-order valence-corrected chi connectivity index (χ3v) is 6.09. The van der Waals surface area contributed by atoms with Crippen molar-refractivity contribution < 1.29 is 9.53 Å². The van der Waals surface area contributed by atoms with E-state index in [1.165, 1.54) is 109 Å². The van der Waals surface area contributed by atoms with Gasteiger partial charge in [-0.2, -0.15) is 0 Å². The third-order valence-electron chi connectivity index (χ3n) is 6.09. The SMILES string of the molecule is CCCCCCCCCCCCCCCCCCCCCC(=O)OCCN(C)C(=N)N. The fraction of sp³-hybridized carbons (Fsp3) is 0.923. The molecule has 0 atom stereocenters. The zero-order chi connectivity index (χ0) is 23.0. The lowest BCUT2D eigenvalue weighted by molar-refractivity contribution is -0.143. The van der Waals surface area contributed by atoms with Gasteiger partial charge in [-0.05, 0) is 6.42 Å². The number of esters is 1. The van der Waals surface area contributed by atoms with E-state index >= 15 is 0 Å². The first-order chi connectivity index (χ1) is 15.1. The van der Waals surface area contributed by atoms with E-state index in [9.17, 15) is 4.79 Å². The van der Waals surface area contributed by atoms with Crippen LogP contribution in [0.25, 0.3) is 0 Å². The number of hydrogen-bond acceptors (Lipinski definition) is 3. The van der Waals surface area contributed by atoms with Crippen LogP contribution in [0.3, 0.4) is 0 Å². The highest BCUT2D eigenvalue weighted by molar-refractivity contribution is 5.74. The number of nitrogens with one attached hydrogen (secondary N) is 1. The van der Waals surface area contributed by atoms with Crippen LogP contribution in [0.1, 0.15) is 135 Å². The Kier molecular flexibility index (Phi) is 22.5. The van der Waals surface area contributed by atoms with Crippen molar-refractivity contribution in [1.82, 2.24) is 4.90 Å². The molecule has 0 fully saturated rings. The summed E-state index contributed by atoms with van der Waals surface area (Å²) in [6.07, 6.45) is 26.2. The summed E-state index contributed by atoms with van der Waals surface area (Å²) in [4.78, 5) is 13.2. The van der Waals surface area contributed by atoms with Crippen molar-refractivity contribution in [2.24, 2.45) is 5.73 Å². The van der Waals surface area contributed by atoms with Crippen LogP contribution in [0.2, 0.25) is 0 Å². The molecule has 0 aliphatic carbocycles. The quantitative estimate of drug-likeness (QED) is 0.0765. The number of hydrogen-bond donors (Lipinski definition) is 2. The highest BCUT2D eigenvalue weighted by Gasteiger charge is 2.04. The standard InChI is InChI=1S/C26H53N3O2/c1-3-4-5-6-7-8-9-10-11-12-13-14-15-16-17-18-19-20-21-22-25(30)31-24-23-29(2)26(27)28/h3-24H2,1-2H3,(H3,27,28). The van der Waals surface area contributed by atoms with E-state index in [2.05, 4.69) is 6.92 Å². The van der Waals surface area contributed by atoms with Gasteiger partial charge in [-0.25, -0.2) is 0 Å². The van der Waals surface area contributed by atoms with Gasteiger partial charge in [0.15, 0.2) is 5.96 Å². The largest absolute Gasteiger partial charge is 0.464 e. The lowest BCUT2D eigenvalue weighted by atomic mass is 10.0. The Labute approximate surface area is 193 Å². The van der Waals surface area contributed by atoms with E-state index in [0.29, 0.717) is 19.6 Å². The topological polar surface area (TPSA) is 79.4 Å². The Bertz CT molecular complexity index is 415. The van der Waals surface area contributed by atoms with Crippen LogP contribution in [0.15, 0.2) is 0 Å². The Hall–Kier alpha value is -1.26. The van der Waals surface area contributed by atoms with Crippen LogP contribution in [0.4, 0.5) is 0 Å². The van der Waals surface area contributed by atoms with Crippen molar-refractivity contribution in [3.8, 4) is 0 Å². The van der Waals surface area contributed by atoms with Crippen molar-refractivity contribution >= 4 is 11.9 Å². The van der Waals surface area contributed by atoms with E-state index in [1.54, 1.807) is 11.9 Å². The van der Waals surface area contributed by atoms with Crippen molar-refractivity contribution in [3.05, 3.63) is 0 Å². The number of nitrogens with two attached hydrogens (primary N) is 1. The van der Waals surface area contributed by atoms with Crippen molar-refractivity contribution in [1.29, 1.82) is 5.41 Å². The fourth-order valence-electron chi connectivity index (χ4n) is 3.84. The molecule has 0 unspecified atom stereocenters. The number of likely N-dealkylation sites (N-methyl/N-ethyl adjacent to an activating group) is 1. The molecule has 0 aromatic heterocycles. The number of guanidine groups is 1. The third kappa shape index (κ3) is 23.2. The summed E-state index contributed by atoms with van der Waals surface area (Å²) in [5.41, 5.74) is 5.33. The Morgan fingerprint density at radius 3 is 1.42 bits per heavy atom.